The van der Waals surface area contributed by atoms with Crippen LogP contribution in [0.5, 0.6) is 0 Å². The zero-order chi connectivity index (χ0) is 10.7. The molecule has 0 spiro atoms. The molecule has 0 aromatic heterocycles. The lowest BCUT2D eigenvalue weighted by atomic mass is 10.1. The van der Waals surface area contributed by atoms with Crippen molar-refractivity contribution >= 4 is 38.8 Å². The Morgan fingerprint density at radius 1 is 1.64 bits per heavy atom. The van der Waals surface area contributed by atoms with Gasteiger partial charge in [0.05, 0.1) is 4.92 Å². The van der Waals surface area contributed by atoms with Crippen LogP contribution in [-0.2, 0) is 0 Å². The minimum absolute atomic E-state index is 0.0854. The molecule has 5 heteroatoms. The van der Waals surface area contributed by atoms with E-state index < -0.39 is 4.92 Å². The third-order valence-corrected chi connectivity index (χ3v) is 2.69. The van der Waals surface area contributed by atoms with Crippen LogP contribution in [0.15, 0.2) is 24.8 Å². The van der Waals surface area contributed by atoms with E-state index in [-0.39, 0.29) is 10.7 Å². The maximum Gasteiger partial charge on any atom is 0.287 e. The van der Waals surface area contributed by atoms with Crippen molar-refractivity contribution < 1.29 is 4.92 Å². The minimum Gasteiger partial charge on any atom is -0.258 e. The summed E-state index contributed by atoms with van der Waals surface area (Å²) < 4.78 is 0. The highest BCUT2D eigenvalue weighted by atomic mass is 79.9. The molecule has 1 aromatic rings. The van der Waals surface area contributed by atoms with Gasteiger partial charge in [0.15, 0.2) is 0 Å². The SMILES string of the molecule is C=C(CBr)c1ccc([N+](=O)[O-])c(Cl)c1. The fourth-order valence-corrected chi connectivity index (χ4v) is 1.53. The van der Waals surface area contributed by atoms with Crippen LogP contribution in [0.2, 0.25) is 5.02 Å². The molecule has 0 aliphatic rings. The maximum absolute atomic E-state index is 10.5. The molecule has 0 bridgehead atoms. The number of nitrogens with zero attached hydrogens (tertiary/aromatic N) is 1. The summed E-state index contributed by atoms with van der Waals surface area (Å²) in [6, 6.07) is 4.56. The Bertz CT molecular complexity index is 392. The van der Waals surface area contributed by atoms with Gasteiger partial charge in [0.1, 0.15) is 5.02 Å². The summed E-state index contributed by atoms with van der Waals surface area (Å²) in [5.74, 6) is 0. The lowest BCUT2D eigenvalue weighted by molar-refractivity contribution is -0.384. The molecule has 0 amide bonds. The molecule has 0 atom stereocenters. The van der Waals surface area contributed by atoms with Crippen LogP contribution in [-0.4, -0.2) is 10.3 Å². The number of halogens is 2. The van der Waals surface area contributed by atoms with Crippen molar-refractivity contribution in [1.82, 2.24) is 0 Å². The zero-order valence-electron chi connectivity index (χ0n) is 7.17. The van der Waals surface area contributed by atoms with Gasteiger partial charge in [-0.2, -0.15) is 0 Å². The summed E-state index contributed by atoms with van der Waals surface area (Å²) in [7, 11) is 0. The second-order valence-electron chi connectivity index (χ2n) is 2.66. The molecular formula is C9H7BrClNO2. The van der Waals surface area contributed by atoms with Crippen molar-refractivity contribution in [3.63, 3.8) is 0 Å². The molecule has 0 saturated carbocycles. The third kappa shape index (κ3) is 2.33. The quantitative estimate of drug-likeness (QED) is 0.480. The van der Waals surface area contributed by atoms with E-state index in [0.29, 0.717) is 5.33 Å². The lowest BCUT2D eigenvalue weighted by Gasteiger charge is -2.02. The van der Waals surface area contributed by atoms with Crippen LogP contribution in [0.25, 0.3) is 5.57 Å². The summed E-state index contributed by atoms with van der Waals surface area (Å²) in [6.07, 6.45) is 0. The van der Waals surface area contributed by atoms with Gasteiger partial charge in [0.25, 0.3) is 5.69 Å². The van der Waals surface area contributed by atoms with E-state index in [1.54, 1.807) is 12.1 Å². The molecule has 0 aliphatic heterocycles. The van der Waals surface area contributed by atoms with Crippen LogP contribution in [0.4, 0.5) is 5.69 Å². The predicted octanol–water partition coefficient (Wildman–Crippen LogP) is 3.66. The first kappa shape index (κ1) is 11.2. The topological polar surface area (TPSA) is 43.1 Å². The van der Waals surface area contributed by atoms with E-state index in [2.05, 4.69) is 22.5 Å². The van der Waals surface area contributed by atoms with Crippen molar-refractivity contribution in [3.05, 3.63) is 45.5 Å². The van der Waals surface area contributed by atoms with Crippen molar-refractivity contribution in [2.24, 2.45) is 0 Å². The lowest BCUT2D eigenvalue weighted by Crippen LogP contribution is -1.91. The van der Waals surface area contributed by atoms with Crippen molar-refractivity contribution in [1.29, 1.82) is 0 Å². The molecule has 0 N–H and O–H groups in total. The Balaban J connectivity index is 3.12. The molecule has 1 aromatic carbocycles. The Morgan fingerprint density at radius 3 is 2.71 bits per heavy atom. The minimum atomic E-state index is -0.511. The van der Waals surface area contributed by atoms with Crippen LogP contribution in [0.1, 0.15) is 5.56 Å². The number of allylic oxidation sites excluding steroid dienone is 1. The summed E-state index contributed by atoms with van der Waals surface area (Å²) in [6.45, 7) is 3.78. The monoisotopic (exact) mass is 275 g/mol. The number of nitro benzene ring substituents is 1. The van der Waals surface area contributed by atoms with Gasteiger partial charge in [-0.05, 0) is 23.3 Å². The Hall–Kier alpha value is -0.870. The highest BCUT2D eigenvalue weighted by molar-refractivity contribution is 9.09. The Kier molecular flexibility index (Phi) is 3.66. The normalized spacial score (nSPS) is 9.86. The Morgan fingerprint density at radius 2 is 2.29 bits per heavy atom. The average molecular weight is 277 g/mol. The van der Waals surface area contributed by atoms with Gasteiger partial charge in [-0.15, -0.1) is 0 Å². The fraction of sp³-hybridized carbons (Fsp3) is 0.111. The average Bonchev–Trinajstić information content (AvgIpc) is 2.15. The molecule has 0 fully saturated rings. The van der Waals surface area contributed by atoms with E-state index in [1.165, 1.54) is 6.07 Å². The summed E-state index contributed by atoms with van der Waals surface area (Å²) >= 11 is 8.97. The van der Waals surface area contributed by atoms with Crippen LogP contribution in [0, 0.1) is 10.1 Å². The Labute approximate surface area is 94.7 Å². The van der Waals surface area contributed by atoms with Crippen LogP contribution < -0.4 is 0 Å². The number of hydrogen-bond acceptors (Lipinski definition) is 2. The number of benzene rings is 1. The number of rotatable bonds is 3. The van der Waals surface area contributed by atoms with Gasteiger partial charge in [0.2, 0.25) is 0 Å². The van der Waals surface area contributed by atoms with E-state index in [4.69, 9.17) is 11.6 Å². The van der Waals surface area contributed by atoms with Crippen molar-refractivity contribution in [2.45, 2.75) is 0 Å². The van der Waals surface area contributed by atoms with E-state index >= 15 is 0 Å². The van der Waals surface area contributed by atoms with Gasteiger partial charge < -0.3 is 0 Å². The van der Waals surface area contributed by atoms with Gasteiger partial charge in [-0.25, -0.2) is 0 Å². The van der Waals surface area contributed by atoms with Crippen LogP contribution in [0.3, 0.4) is 0 Å². The second kappa shape index (κ2) is 4.57. The number of nitro groups is 1. The second-order valence-corrected chi connectivity index (χ2v) is 3.63. The van der Waals surface area contributed by atoms with Crippen molar-refractivity contribution in [3.8, 4) is 0 Å². The van der Waals surface area contributed by atoms with Gasteiger partial charge in [-0.3, -0.25) is 10.1 Å². The molecule has 0 heterocycles. The molecule has 14 heavy (non-hydrogen) atoms. The molecule has 0 radical (unpaired) electrons. The largest absolute Gasteiger partial charge is 0.287 e. The van der Waals surface area contributed by atoms with E-state index in [0.717, 1.165) is 11.1 Å². The standard InChI is InChI=1S/C9H7BrClNO2/c1-6(5-10)7-2-3-9(12(13)14)8(11)4-7/h2-4H,1,5H2. The first-order valence-electron chi connectivity index (χ1n) is 3.74. The molecule has 0 saturated heterocycles. The summed E-state index contributed by atoms with van der Waals surface area (Å²) in [4.78, 5) is 9.95. The highest BCUT2D eigenvalue weighted by Gasteiger charge is 2.12. The summed E-state index contributed by atoms with van der Waals surface area (Å²) in [5, 5.41) is 11.2. The van der Waals surface area contributed by atoms with Gasteiger partial charge in [0, 0.05) is 11.4 Å². The fourth-order valence-electron chi connectivity index (χ4n) is 0.952. The molecule has 0 aliphatic carbocycles. The van der Waals surface area contributed by atoms with E-state index in [1.807, 2.05) is 0 Å². The summed E-state index contributed by atoms with van der Waals surface area (Å²) in [5.41, 5.74) is 1.55. The third-order valence-electron chi connectivity index (χ3n) is 1.71. The van der Waals surface area contributed by atoms with E-state index in [9.17, 15) is 10.1 Å². The molecule has 0 unspecified atom stereocenters. The smallest absolute Gasteiger partial charge is 0.258 e. The number of alkyl halides is 1. The molecule has 74 valence electrons. The predicted molar refractivity (Wildman–Crippen MR) is 60.9 cm³/mol. The van der Waals surface area contributed by atoms with Gasteiger partial charge >= 0.3 is 0 Å². The van der Waals surface area contributed by atoms with Crippen molar-refractivity contribution in [2.75, 3.05) is 5.33 Å². The highest BCUT2D eigenvalue weighted by Crippen LogP contribution is 2.27. The number of hydrogen-bond donors (Lipinski definition) is 0. The first-order chi connectivity index (χ1) is 6.56. The van der Waals surface area contributed by atoms with Crippen LogP contribution >= 0.6 is 27.5 Å². The molecular weight excluding hydrogens is 269 g/mol. The molecule has 1 rings (SSSR count). The molecule has 3 nitrogen and oxygen atoms in total. The first-order valence-corrected chi connectivity index (χ1v) is 5.24. The zero-order valence-corrected chi connectivity index (χ0v) is 9.51. The maximum atomic E-state index is 10.5. The van der Waals surface area contributed by atoms with Gasteiger partial charge in [-0.1, -0.05) is 34.1 Å².